The molecule has 0 aliphatic carbocycles. The number of primary amides is 1. The number of rotatable bonds is 3. The molecule has 2 nitrogen and oxygen atoms in total. The predicted molar refractivity (Wildman–Crippen MR) is 53.4 cm³/mol. The molecular weight excluding hydrogens is 162 g/mol. The van der Waals surface area contributed by atoms with Gasteiger partial charge < -0.3 is 5.73 Å². The van der Waals surface area contributed by atoms with Crippen molar-refractivity contribution in [3.05, 3.63) is 35.4 Å². The lowest BCUT2D eigenvalue weighted by Crippen LogP contribution is -2.19. The van der Waals surface area contributed by atoms with Gasteiger partial charge in [0, 0.05) is 0 Å². The first-order chi connectivity index (χ1) is 6.16. The van der Waals surface area contributed by atoms with E-state index in [-0.39, 0.29) is 11.8 Å². The van der Waals surface area contributed by atoms with Crippen molar-refractivity contribution in [3.63, 3.8) is 0 Å². The average Bonchev–Trinajstić information content (AvgIpc) is 2.16. The van der Waals surface area contributed by atoms with Crippen LogP contribution in [0.3, 0.4) is 0 Å². The molecule has 2 heteroatoms. The Morgan fingerprint density at radius 1 is 1.46 bits per heavy atom. The second-order valence-corrected chi connectivity index (χ2v) is 3.18. The lowest BCUT2D eigenvalue weighted by Gasteiger charge is -2.11. The van der Waals surface area contributed by atoms with Crippen molar-refractivity contribution >= 4 is 5.91 Å². The first kappa shape index (κ1) is 9.78. The van der Waals surface area contributed by atoms with Crippen LogP contribution in [0.15, 0.2) is 24.3 Å². The lowest BCUT2D eigenvalue weighted by molar-refractivity contribution is -0.119. The summed E-state index contributed by atoms with van der Waals surface area (Å²) in [7, 11) is 0. The Hall–Kier alpha value is -1.31. The maximum Gasteiger partial charge on any atom is 0.224 e. The molecule has 0 bridgehead atoms. The van der Waals surface area contributed by atoms with Gasteiger partial charge in [-0.05, 0) is 24.5 Å². The molecule has 1 amide bonds. The summed E-state index contributed by atoms with van der Waals surface area (Å²) in [6, 6.07) is 7.92. The summed E-state index contributed by atoms with van der Waals surface area (Å²) in [4.78, 5) is 11.0. The third-order valence-electron chi connectivity index (χ3n) is 2.33. The van der Waals surface area contributed by atoms with Crippen LogP contribution in [0, 0.1) is 0 Å². The van der Waals surface area contributed by atoms with E-state index in [2.05, 4.69) is 6.92 Å². The Balaban J connectivity index is 3.05. The zero-order valence-corrected chi connectivity index (χ0v) is 8.08. The Morgan fingerprint density at radius 2 is 2.08 bits per heavy atom. The molecule has 0 aromatic heterocycles. The molecule has 0 spiro atoms. The Labute approximate surface area is 78.8 Å². The van der Waals surface area contributed by atoms with Gasteiger partial charge in [0.05, 0.1) is 5.92 Å². The molecule has 1 rings (SSSR count). The molecule has 0 fully saturated rings. The molecule has 70 valence electrons. The van der Waals surface area contributed by atoms with Crippen molar-refractivity contribution < 1.29 is 4.79 Å². The molecule has 0 saturated carbocycles. The summed E-state index contributed by atoms with van der Waals surface area (Å²) in [6.07, 6.45) is 0.938. The number of hydrogen-bond acceptors (Lipinski definition) is 1. The topological polar surface area (TPSA) is 43.1 Å². The number of aryl methyl sites for hydroxylation is 1. The molecule has 2 N–H and O–H groups in total. The second-order valence-electron chi connectivity index (χ2n) is 3.18. The molecule has 1 aromatic carbocycles. The van der Waals surface area contributed by atoms with Crippen LogP contribution in [-0.2, 0) is 11.2 Å². The van der Waals surface area contributed by atoms with Crippen LogP contribution in [-0.4, -0.2) is 5.91 Å². The van der Waals surface area contributed by atoms with Gasteiger partial charge in [-0.1, -0.05) is 31.2 Å². The Kier molecular flexibility index (Phi) is 3.07. The Morgan fingerprint density at radius 3 is 2.62 bits per heavy atom. The van der Waals surface area contributed by atoms with E-state index >= 15 is 0 Å². The minimum absolute atomic E-state index is 0.184. The summed E-state index contributed by atoms with van der Waals surface area (Å²) in [5, 5.41) is 0. The zero-order valence-electron chi connectivity index (χ0n) is 8.08. The lowest BCUT2D eigenvalue weighted by atomic mass is 9.94. The van der Waals surface area contributed by atoms with Gasteiger partial charge in [0.2, 0.25) is 5.91 Å². The maximum atomic E-state index is 11.0. The molecule has 0 aliphatic rings. The number of carbonyl (C=O) groups is 1. The minimum atomic E-state index is -0.263. The normalized spacial score (nSPS) is 12.5. The maximum absolute atomic E-state index is 11.0. The number of amides is 1. The van der Waals surface area contributed by atoms with Crippen LogP contribution in [0.25, 0.3) is 0 Å². The fourth-order valence-electron chi connectivity index (χ4n) is 1.43. The van der Waals surface area contributed by atoms with Gasteiger partial charge >= 0.3 is 0 Å². The predicted octanol–water partition coefficient (Wildman–Crippen LogP) is 1.84. The number of hydrogen-bond donors (Lipinski definition) is 1. The molecule has 13 heavy (non-hydrogen) atoms. The van der Waals surface area contributed by atoms with Gasteiger partial charge in [0.25, 0.3) is 0 Å². The van der Waals surface area contributed by atoms with Gasteiger partial charge in [0.15, 0.2) is 0 Å². The van der Waals surface area contributed by atoms with Crippen LogP contribution < -0.4 is 5.73 Å². The molecular formula is C11H15NO. The van der Waals surface area contributed by atoms with Crippen molar-refractivity contribution in [2.45, 2.75) is 26.2 Å². The molecule has 0 radical (unpaired) electrons. The van der Waals surface area contributed by atoms with E-state index in [4.69, 9.17) is 5.73 Å². The summed E-state index contributed by atoms with van der Waals surface area (Å²) in [5.74, 6) is -0.447. The largest absolute Gasteiger partial charge is 0.369 e. The van der Waals surface area contributed by atoms with Crippen LogP contribution in [0.5, 0.6) is 0 Å². The van der Waals surface area contributed by atoms with Crippen LogP contribution in [0.2, 0.25) is 0 Å². The number of benzene rings is 1. The third-order valence-corrected chi connectivity index (χ3v) is 2.33. The molecule has 0 saturated heterocycles. The van der Waals surface area contributed by atoms with E-state index in [1.54, 1.807) is 0 Å². The van der Waals surface area contributed by atoms with E-state index in [9.17, 15) is 4.79 Å². The van der Waals surface area contributed by atoms with Crippen molar-refractivity contribution in [3.8, 4) is 0 Å². The smallest absolute Gasteiger partial charge is 0.224 e. The Bertz CT molecular complexity index is 307. The molecule has 1 atom stereocenters. The standard InChI is InChI=1S/C11H15NO/c1-3-9-6-4-5-7-10(9)8(2)11(12)13/h4-8H,3H2,1-2H3,(H2,12,13). The average molecular weight is 177 g/mol. The van der Waals surface area contributed by atoms with Crippen molar-refractivity contribution in [2.75, 3.05) is 0 Å². The van der Waals surface area contributed by atoms with Gasteiger partial charge in [-0.2, -0.15) is 0 Å². The van der Waals surface area contributed by atoms with Crippen LogP contribution in [0.1, 0.15) is 30.9 Å². The van der Waals surface area contributed by atoms with E-state index in [0.29, 0.717) is 0 Å². The SMILES string of the molecule is CCc1ccccc1C(C)C(N)=O. The summed E-state index contributed by atoms with van der Waals surface area (Å²) in [5.41, 5.74) is 7.51. The van der Waals surface area contributed by atoms with Crippen LogP contribution >= 0.6 is 0 Å². The molecule has 0 heterocycles. The van der Waals surface area contributed by atoms with Crippen molar-refractivity contribution in [1.82, 2.24) is 0 Å². The van der Waals surface area contributed by atoms with Crippen LogP contribution in [0.4, 0.5) is 0 Å². The summed E-state index contributed by atoms with van der Waals surface area (Å²) in [6.45, 7) is 3.92. The monoisotopic (exact) mass is 177 g/mol. The fourth-order valence-corrected chi connectivity index (χ4v) is 1.43. The summed E-state index contributed by atoms with van der Waals surface area (Å²) >= 11 is 0. The first-order valence-corrected chi connectivity index (χ1v) is 4.54. The highest BCUT2D eigenvalue weighted by Gasteiger charge is 2.13. The van der Waals surface area contributed by atoms with E-state index in [1.165, 1.54) is 5.56 Å². The van der Waals surface area contributed by atoms with E-state index in [0.717, 1.165) is 12.0 Å². The molecule has 0 aliphatic heterocycles. The number of nitrogens with two attached hydrogens (primary N) is 1. The summed E-state index contributed by atoms with van der Waals surface area (Å²) < 4.78 is 0. The number of carbonyl (C=O) groups excluding carboxylic acids is 1. The second kappa shape index (κ2) is 4.08. The highest BCUT2D eigenvalue weighted by Crippen LogP contribution is 2.19. The highest BCUT2D eigenvalue weighted by atomic mass is 16.1. The van der Waals surface area contributed by atoms with Gasteiger partial charge in [-0.15, -0.1) is 0 Å². The van der Waals surface area contributed by atoms with Crippen molar-refractivity contribution in [2.24, 2.45) is 5.73 Å². The van der Waals surface area contributed by atoms with Gasteiger partial charge in [-0.3, -0.25) is 4.79 Å². The van der Waals surface area contributed by atoms with Gasteiger partial charge in [0.1, 0.15) is 0 Å². The van der Waals surface area contributed by atoms with Crippen molar-refractivity contribution in [1.29, 1.82) is 0 Å². The molecule has 1 aromatic rings. The first-order valence-electron chi connectivity index (χ1n) is 4.54. The van der Waals surface area contributed by atoms with E-state index < -0.39 is 0 Å². The quantitative estimate of drug-likeness (QED) is 0.752. The third kappa shape index (κ3) is 2.08. The highest BCUT2D eigenvalue weighted by molar-refractivity contribution is 5.81. The van der Waals surface area contributed by atoms with E-state index in [1.807, 2.05) is 31.2 Å². The zero-order chi connectivity index (χ0) is 9.84. The molecule has 1 unspecified atom stereocenters. The fraction of sp³-hybridized carbons (Fsp3) is 0.364. The minimum Gasteiger partial charge on any atom is -0.369 e. The van der Waals surface area contributed by atoms with Gasteiger partial charge in [-0.25, -0.2) is 0 Å².